The zero-order valence-electron chi connectivity index (χ0n) is 19.6. The van der Waals surface area contributed by atoms with Gasteiger partial charge in [0.15, 0.2) is 0 Å². The van der Waals surface area contributed by atoms with Gasteiger partial charge in [0.25, 0.3) is 0 Å². The highest BCUT2D eigenvalue weighted by Crippen LogP contribution is 2.27. The van der Waals surface area contributed by atoms with Gasteiger partial charge in [0.05, 0.1) is 0 Å². The van der Waals surface area contributed by atoms with Crippen LogP contribution < -0.4 is 10.6 Å². The highest BCUT2D eigenvalue weighted by molar-refractivity contribution is 5.87. The Morgan fingerprint density at radius 2 is 1.72 bits per heavy atom. The van der Waals surface area contributed by atoms with Crippen LogP contribution in [0.1, 0.15) is 57.4 Å². The molecule has 1 saturated carbocycles. The van der Waals surface area contributed by atoms with Crippen LogP contribution in [-0.4, -0.2) is 30.1 Å². The first kappa shape index (κ1) is 22.6. The number of rotatable bonds is 9. The van der Waals surface area contributed by atoms with Crippen molar-refractivity contribution in [1.29, 1.82) is 0 Å². The largest absolute Gasteiger partial charge is 0.353 e. The Kier molecular flexibility index (Phi) is 7.64. The molecular formula is C28H37N3O. The maximum absolute atomic E-state index is 12.5. The molecule has 0 spiro atoms. The zero-order valence-corrected chi connectivity index (χ0v) is 19.6. The van der Waals surface area contributed by atoms with Gasteiger partial charge in [0, 0.05) is 24.8 Å². The second-order valence-electron chi connectivity index (χ2n) is 9.55. The van der Waals surface area contributed by atoms with Crippen molar-refractivity contribution >= 4 is 16.8 Å². The second-order valence-corrected chi connectivity index (χ2v) is 9.55. The predicted molar refractivity (Wildman–Crippen MR) is 134 cm³/mol. The first-order chi connectivity index (χ1) is 15.6. The highest BCUT2D eigenvalue weighted by atomic mass is 16.1. The Morgan fingerprint density at radius 3 is 2.47 bits per heavy atom. The number of fused-ring (bicyclic) bond motifs is 1. The van der Waals surface area contributed by atoms with Gasteiger partial charge in [-0.25, -0.2) is 0 Å². The molecule has 0 radical (unpaired) electrons. The van der Waals surface area contributed by atoms with Crippen LogP contribution in [-0.2, 0) is 11.3 Å². The summed E-state index contributed by atoms with van der Waals surface area (Å²) in [5.41, 5.74) is 4.83. The third kappa shape index (κ3) is 5.80. The van der Waals surface area contributed by atoms with Crippen molar-refractivity contribution in [2.24, 2.45) is 5.92 Å². The summed E-state index contributed by atoms with van der Waals surface area (Å²) < 4.78 is 2.05. The Morgan fingerprint density at radius 1 is 0.969 bits per heavy atom. The standard InChI is InChI=1S/C28H37N3O/c1-21(2)23-8-10-24(11-9-23)26-13-12-25-14-17-31(27(25)18-26)20-28(32)30-16-15-29-19-22-6-4-3-5-7-22/h8-14,17-18,21-22,29H,3-7,15-16,19-20H2,1-2H3,(H,30,32). The number of benzene rings is 2. The summed E-state index contributed by atoms with van der Waals surface area (Å²) >= 11 is 0. The third-order valence-electron chi connectivity index (χ3n) is 6.78. The van der Waals surface area contributed by atoms with E-state index in [2.05, 4.69) is 73.0 Å². The van der Waals surface area contributed by atoms with E-state index in [4.69, 9.17) is 0 Å². The molecule has 4 nitrogen and oxygen atoms in total. The summed E-state index contributed by atoms with van der Waals surface area (Å²) in [5.74, 6) is 1.42. The number of carbonyl (C=O) groups is 1. The minimum absolute atomic E-state index is 0.0636. The smallest absolute Gasteiger partial charge is 0.239 e. The van der Waals surface area contributed by atoms with Crippen LogP contribution in [0.2, 0.25) is 0 Å². The molecule has 0 aliphatic heterocycles. The van der Waals surface area contributed by atoms with E-state index >= 15 is 0 Å². The van der Waals surface area contributed by atoms with E-state index in [0.717, 1.165) is 29.9 Å². The van der Waals surface area contributed by atoms with E-state index in [9.17, 15) is 4.79 Å². The fourth-order valence-corrected chi connectivity index (χ4v) is 4.76. The normalized spacial score (nSPS) is 14.8. The molecule has 170 valence electrons. The van der Waals surface area contributed by atoms with E-state index in [0.29, 0.717) is 19.0 Å². The van der Waals surface area contributed by atoms with Crippen LogP contribution >= 0.6 is 0 Å². The lowest BCUT2D eigenvalue weighted by Gasteiger charge is -2.21. The molecule has 2 N–H and O–H groups in total. The zero-order chi connectivity index (χ0) is 22.3. The SMILES string of the molecule is CC(C)c1ccc(-c2ccc3ccn(CC(=O)NCCNCC4CCCCC4)c3c2)cc1. The summed E-state index contributed by atoms with van der Waals surface area (Å²) in [5, 5.41) is 7.74. The fourth-order valence-electron chi connectivity index (χ4n) is 4.76. The number of hydrogen-bond donors (Lipinski definition) is 2. The average Bonchev–Trinajstić information content (AvgIpc) is 3.21. The van der Waals surface area contributed by atoms with Gasteiger partial charge in [-0.15, -0.1) is 0 Å². The minimum atomic E-state index is 0.0636. The molecule has 0 bridgehead atoms. The van der Waals surface area contributed by atoms with Crippen molar-refractivity contribution in [2.45, 2.75) is 58.4 Å². The molecule has 1 heterocycles. The fraction of sp³-hybridized carbons (Fsp3) is 0.464. The topological polar surface area (TPSA) is 46.1 Å². The summed E-state index contributed by atoms with van der Waals surface area (Å²) in [7, 11) is 0. The van der Waals surface area contributed by atoms with Gasteiger partial charge in [-0.2, -0.15) is 0 Å². The lowest BCUT2D eigenvalue weighted by atomic mass is 9.89. The molecule has 0 atom stereocenters. The van der Waals surface area contributed by atoms with E-state index in [1.807, 2.05) is 10.8 Å². The molecule has 1 aromatic heterocycles. The van der Waals surface area contributed by atoms with Crippen molar-refractivity contribution in [3.8, 4) is 11.1 Å². The molecule has 1 aliphatic rings. The van der Waals surface area contributed by atoms with Gasteiger partial charge >= 0.3 is 0 Å². The Hall–Kier alpha value is -2.59. The van der Waals surface area contributed by atoms with Crippen LogP contribution in [0.4, 0.5) is 0 Å². The summed E-state index contributed by atoms with van der Waals surface area (Å²) in [6.45, 7) is 7.38. The van der Waals surface area contributed by atoms with Crippen molar-refractivity contribution in [3.63, 3.8) is 0 Å². The van der Waals surface area contributed by atoms with Crippen LogP contribution in [0.3, 0.4) is 0 Å². The molecule has 0 unspecified atom stereocenters. The second kappa shape index (κ2) is 10.8. The van der Waals surface area contributed by atoms with E-state index in [1.165, 1.54) is 48.8 Å². The Labute approximate surface area is 192 Å². The molecule has 1 amide bonds. The van der Waals surface area contributed by atoms with Gasteiger partial charge in [-0.1, -0.05) is 69.5 Å². The number of amides is 1. The number of carbonyl (C=O) groups excluding carboxylic acids is 1. The van der Waals surface area contributed by atoms with Crippen LogP contribution in [0.25, 0.3) is 22.0 Å². The summed E-state index contributed by atoms with van der Waals surface area (Å²) in [6.07, 6.45) is 8.86. The lowest BCUT2D eigenvalue weighted by Crippen LogP contribution is -2.35. The van der Waals surface area contributed by atoms with Crippen LogP contribution in [0.15, 0.2) is 54.7 Å². The Balaban J connectivity index is 1.31. The van der Waals surface area contributed by atoms with Gasteiger partial charge in [0.2, 0.25) is 5.91 Å². The van der Waals surface area contributed by atoms with Crippen molar-refractivity contribution < 1.29 is 4.79 Å². The quantitative estimate of drug-likeness (QED) is 0.426. The maximum Gasteiger partial charge on any atom is 0.239 e. The third-order valence-corrected chi connectivity index (χ3v) is 6.78. The number of hydrogen-bond acceptors (Lipinski definition) is 2. The number of nitrogens with one attached hydrogen (secondary N) is 2. The van der Waals surface area contributed by atoms with Crippen molar-refractivity contribution in [1.82, 2.24) is 15.2 Å². The van der Waals surface area contributed by atoms with Crippen molar-refractivity contribution in [3.05, 3.63) is 60.3 Å². The Bertz CT molecular complexity index is 1010. The monoisotopic (exact) mass is 431 g/mol. The predicted octanol–water partition coefficient (Wildman–Crippen LogP) is 5.72. The average molecular weight is 432 g/mol. The summed E-state index contributed by atoms with van der Waals surface area (Å²) in [6, 6.07) is 17.4. The molecular weight excluding hydrogens is 394 g/mol. The van der Waals surface area contributed by atoms with E-state index in [-0.39, 0.29) is 5.91 Å². The molecule has 4 heteroatoms. The minimum Gasteiger partial charge on any atom is -0.353 e. The number of nitrogens with zero attached hydrogens (tertiary/aromatic N) is 1. The lowest BCUT2D eigenvalue weighted by molar-refractivity contribution is -0.121. The first-order valence-electron chi connectivity index (χ1n) is 12.3. The number of aromatic nitrogens is 1. The van der Waals surface area contributed by atoms with Gasteiger partial charge in [-0.05, 0) is 65.4 Å². The highest BCUT2D eigenvalue weighted by Gasteiger charge is 2.12. The van der Waals surface area contributed by atoms with Crippen molar-refractivity contribution in [2.75, 3.05) is 19.6 Å². The molecule has 32 heavy (non-hydrogen) atoms. The van der Waals surface area contributed by atoms with Gasteiger partial charge < -0.3 is 15.2 Å². The molecule has 1 fully saturated rings. The molecule has 4 rings (SSSR count). The summed E-state index contributed by atoms with van der Waals surface area (Å²) in [4.78, 5) is 12.5. The molecule has 2 aromatic carbocycles. The van der Waals surface area contributed by atoms with Crippen LogP contribution in [0.5, 0.6) is 0 Å². The molecule has 1 aliphatic carbocycles. The van der Waals surface area contributed by atoms with Gasteiger partial charge in [0.1, 0.15) is 6.54 Å². The van der Waals surface area contributed by atoms with E-state index < -0.39 is 0 Å². The molecule has 3 aromatic rings. The first-order valence-corrected chi connectivity index (χ1v) is 12.3. The maximum atomic E-state index is 12.5. The van der Waals surface area contributed by atoms with Crippen LogP contribution in [0, 0.1) is 5.92 Å². The van der Waals surface area contributed by atoms with Gasteiger partial charge in [-0.3, -0.25) is 4.79 Å². The molecule has 0 saturated heterocycles. The van der Waals surface area contributed by atoms with E-state index in [1.54, 1.807) is 0 Å².